The first-order valence-corrected chi connectivity index (χ1v) is 7.51. The Morgan fingerprint density at radius 2 is 1.90 bits per heavy atom. The summed E-state index contributed by atoms with van der Waals surface area (Å²) in [5.74, 6) is 2.09. The van der Waals surface area contributed by atoms with Crippen LogP contribution in [0.1, 0.15) is 43.9 Å². The molecule has 1 aromatic rings. The maximum Gasteiger partial charge on any atom is 0.161 e. The number of methoxy groups -OCH3 is 2. The quantitative estimate of drug-likeness (QED) is 0.784. The normalized spacial score (nSPS) is 20.9. The topological polar surface area (TPSA) is 27.7 Å². The van der Waals surface area contributed by atoms with Crippen LogP contribution in [-0.4, -0.2) is 26.7 Å². The predicted molar refractivity (Wildman–Crippen MR) is 81.2 cm³/mol. The van der Waals surface area contributed by atoms with E-state index in [1.165, 1.54) is 11.1 Å². The maximum absolute atomic E-state index is 6.00. The molecule has 1 aliphatic rings. The Bertz CT molecular complexity index is 471. The van der Waals surface area contributed by atoms with Gasteiger partial charge in [-0.3, -0.25) is 0 Å². The minimum absolute atomic E-state index is 0.0316. The molecule has 1 unspecified atom stereocenters. The van der Waals surface area contributed by atoms with Crippen molar-refractivity contribution in [2.24, 2.45) is 0 Å². The lowest BCUT2D eigenvalue weighted by molar-refractivity contribution is 0.0497. The Morgan fingerprint density at radius 1 is 1.25 bits per heavy atom. The molecule has 0 radical (unpaired) electrons. The Hall–Kier alpha value is -0.930. The van der Waals surface area contributed by atoms with Crippen LogP contribution in [0, 0.1) is 0 Å². The van der Waals surface area contributed by atoms with Crippen LogP contribution in [0.25, 0.3) is 0 Å². The molecule has 0 amide bonds. The predicted octanol–water partition coefficient (Wildman–Crippen LogP) is 4.07. The summed E-state index contributed by atoms with van der Waals surface area (Å²) in [5.41, 5.74) is 2.49. The minimum atomic E-state index is 0.0316. The van der Waals surface area contributed by atoms with Crippen LogP contribution in [0.5, 0.6) is 11.5 Å². The number of fused-ring (bicyclic) bond motifs is 1. The molecule has 0 saturated heterocycles. The van der Waals surface area contributed by atoms with E-state index in [9.17, 15) is 0 Å². The van der Waals surface area contributed by atoms with Crippen molar-refractivity contribution in [3.05, 3.63) is 23.3 Å². The monoisotopic (exact) mass is 298 g/mol. The van der Waals surface area contributed by atoms with E-state index in [2.05, 4.69) is 19.9 Å². The van der Waals surface area contributed by atoms with Crippen LogP contribution in [0.3, 0.4) is 0 Å². The van der Waals surface area contributed by atoms with Gasteiger partial charge in [-0.05, 0) is 41.5 Å². The second-order valence-corrected chi connectivity index (χ2v) is 6.14. The van der Waals surface area contributed by atoms with Crippen molar-refractivity contribution in [1.29, 1.82) is 0 Å². The fourth-order valence-electron chi connectivity index (χ4n) is 2.77. The first kappa shape index (κ1) is 15.5. The molecule has 0 fully saturated rings. The maximum atomic E-state index is 6.00. The van der Waals surface area contributed by atoms with E-state index < -0.39 is 0 Å². The third kappa shape index (κ3) is 2.89. The molecule has 1 heterocycles. The molecule has 4 heteroatoms. The second kappa shape index (κ2) is 6.23. The van der Waals surface area contributed by atoms with E-state index in [1.54, 1.807) is 14.2 Å². The molecular formula is C16H23ClO3. The van der Waals surface area contributed by atoms with Crippen molar-refractivity contribution in [3.63, 3.8) is 0 Å². The Kier molecular flexibility index (Phi) is 4.82. The summed E-state index contributed by atoms with van der Waals surface area (Å²) in [6, 6.07) is 4.13. The van der Waals surface area contributed by atoms with Crippen molar-refractivity contribution < 1.29 is 14.2 Å². The summed E-state index contributed by atoms with van der Waals surface area (Å²) in [6.07, 6.45) is 1.82. The molecule has 2 rings (SSSR count). The molecule has 112 valence electrons. The SMILES string of the molecule is COc1cc2c(cc1OC)C(C)(C)CCOC2CCCl. The first-order chi connectivity index (χ1) is 9.53. The molecule has 1 atom stereocenters. The van der Waals surface area contributed by atoms with Crippen molar-refractivity contribution in [2.75, 3.05) is 26.7 Å². The molecule has 0 spiro atoms. The van der Waals surface area contributed by atoms with Gasteiger partial charge in [0.15, 0.2) is 11.5 Å². The zero-order chi connectivity index (χ0) is 14.8. The van der Waals surface area contributed by atoms with E-state index in [4.69, 9.17) is 25.8 Å². The first-order valence-electron chi connectivity index (χ1n) is 6.97. The van der Waals surface area contributed by atoms with Crippen LogP contribution in [0.4, 0.5) is 0 Å². The van der Waals surface area contributed by atoms with E-state index in [1.807, 2.05) is 6.07 Å². The van der Waals surface area contributed by atoms with Gasteiger partial charge in [-0.25, -0.2) is 0 Å². The molecule has 3 nitrogen and oxygen atoms in total. The number of alkyl halides is 1. The Morgan fingerprint density at radius 3 is 2.50 bits per heavy atom. The molecule has 0 bridgehead atoms. The summed E-state index contributed by atoms with van der Waals surface area (Å²) in [4.78, 5) is 0. The number of rotatable bonds is 4. The average molecular weight is 299 g/mol. The van der Waals surface area contributed by atoms with E-state index in [0.29, 0.717) is 5.88 Å². The molecule has 0 saturated carbocycles. The average Bonchev–Trinajstić information content (AvgIpc) is 2.55. The van der Waals surface area contributed by atoms with E-state index in [0.717, 1.165) is 30.9 Å². The fourth-order valence-corrected chi connectivity index (χ4v) is 2.96. The summed E-state index contributed by atoms with van der Waals surface area (Å²) in [7, 11) is 3.32. The Balaban J connectivity index is 2.58. The van der Waals surface area contributed by atoms with Gasteiger partial charge in [0.1, 0.15) is 0 Å². The number of halogens is 1. The smallest absolute Gasteiger partial charge is 0.161 e. The van der Waals surface area contributed by atoms with Gasteiger partial charge in [0, 0.05) is 12.5 Å². The lowest BCUT2D eigenvalue weighted by Crippen LogP contribution is -2.19. The highest BCUT2D eigenvalue weighted by atomic mass is 35.5. The van der Waals surface area contributed by atoms with E-state index in [-0.39, 0.29) is 11.5 Å². The molecule has 0 aliphatic carbocycles. The highest BCUT2D eigenvalue weighted by Gasteiger charge is 2.32. The zero-order valence-electron chi connectivity index (χ0n) is 12.7. The lowest BCUT2D eigenvalue weighted by Gasteiger charge is -2.27. The lowest BCUT2D eigenvalue weighted by atomic mass is 9.78. The molecule has 0 aromatic heterocycles. The number of ether oxygens (including phenoxy) is 3. The molecule has 1 aliphatic heterocycles. The summed E-state index contributed by atoms with van der Waals surface area (Å²) in [5, 5.41) is 0. The molecular weight excluding hydrogens is 276 g/mol. The molecule has 1 aromatic carbocycles. The van der Waals surface area contributed by atoms with E-state index >= 15 is 0 Å². The zero-order valence-corrected chi connectivity index (χ0v) is 13.4. The number of hydrogen-bond acceptors (Lipinski definition) is 3. The van der Waals surface area contributed by atoms with Crippen LogP contribution in [0.2, 0.25) is 0 Å². The highest BCUT2D eigenvalue weighted by molar-refractivity contribution is 6.17. The van der Waals surface area contributed by atoms with Crippen LogP contribution >= 0.6 is 11.6 Å². The molecule has 20 heavy (non-hydrogen) atoms. The van der Waals surface area contributed by atoms with Gasteiger partial charge in [0.2, 0.25) is 0 Å². The summed E-state index contributed by atoms with van der Waals surface area (Å²) >= 11 is 5.92. The van der Waals surface area contributed by atoms with Gasteiger partial charge in [-0.15, -0.1) is 11.6 Å². The van der Waals surface area contributed by atoms with Crippen molar-refractivity contribution in [1.82, 2.24) is 0 Å². The third-order valence-corrected chi connectivity index (χ3v) is 4.27. The molecule has 0 N–H and O–H groups in total. The van der Waals surface area contributed by atoms with Crippen LogP contribution in [0.15, 0.2) is 12.1 Å². The van der Waals surface area contributed by atoms with Crippen LogP contribution in [-0.2, 0) is 10.2 Å². The minimum Gasteiger partial charge on any atom is -0.493 e. The largest absolute Gasteiger partial charge is 0.493 e. The van der Waals surface area contributed by atoms with Gasteiger partial charge in [-0.2, -0.15) is 0 Å². The van der Waals surface area contributed by atoms with Crippen molar-refractivity contribution in [3.8, 4) is 11.5 Å². The van der Waals surface area contributed by atoms with Gasteiger partial charge in [0.25, 0.3) is 0 Å². The highest BCUT2D eigenvalue weighted by Crippen LogP contribution is 2.43. The van der Waals surface area contributed by atoms with Gasteiger partial charge < -0.3 is 14.2 Å². The number of hydrogen-bond donors (Lipinski definition) is 0. The number of benzene rings is 1. The van der Waals surface area contributed by atoms with Gasteiger partial charge in [-0.1, -0.05) is 13.8 Å². The summed E-state index contributed by atoms with van der Waals surface area (Å²) in [6.45, 7) is 5.22. The standard InChI is InChI=1S/C16H23ClO3/c1-16(2)6-8-20-13(5-7-17)11-9-14(18-3)15(19-4)10-12(11)16/h9-10,13H,5-8H2,1-4H3. The van der Waals surface area contributed by atoms with Gasteiger partial charge in [0.05, 0.1) is 20.3 Å². The summed E-state index contributed by atoms with van der Waals surface area (Å²) < 4.78 is 16.9. The van der Waals surface area contributed by atoms with Gasteiger partial charge >= 0.3 is 0 Å². The third-order valence-electron chi connectivity index (χ3n) is 4.05. The van der Waals surface area contributed by atoms with Crippen molar-refractivity contribution in [2.45, 2.75) is 38.2 Å². The fraction of sp³-hybridized carbons (Fsp3) is 0.625. The Labute approximate surface area is 126 Å². The van der Waals surface area contributed by atoms with Crippen LogP contribution < -0.4 is 9.47 Å². The van der Waals surface area contributed by atoms with Crippen molar-refractivity contribution >= 4 is 11.6 Å². The second-order valence-electron chi connectivity index (χ2n) is 5.77.